The second-order valence-electron chi connectivity index (χ2n) is 6.04. The third kappa shape index (κ3) is 3.27. The van der Waals surface area contributed by atoms with Gasteiger partial charge in [-0.15, -0.1) is 0 Å². The lowest BCUT2D eigenvalue weighted by molar-refractivity contribution is 0.340. The van der Waals surface area contributed by atoms with Gasteiger partial charge in [-0.2, -0.15) is 0 Å². The van der Waals surface area contributed by atoms with Crippen LogP contribution in [0.5, 0.6) is 17.2 Å². The molecule has 0 N–H and O–H groups in total. The van der Waals surface area contributed by atoms with Gasteiger partial charge in [0.2, 0.25) is 0 Å². The molecule has 0 aliphatic rings. The van der Waals surface area contributed by atoms with Crippen LogP contribution in [0.1, 0.15) is 18.1 Å². The SMILES string of the molecule is CCOc1ccc(-c2oc(-c3ccc(OC)c(OC)c3)c(C)c2C)cc1. The van der Waals surface area contributed by atoms with Gasteiger partial charge in [0.05, 0.1) is 20.8 Å². The van der Waals surface area contributed by atoms with E-state index in [-0.39, 0.29) is 0 Å². The van der Waals surface area contributed by atoms with E-state index in [0.717, 1.165) is 39.5 Å². The highest BCUT2D eigenvalue weighted by atomic mass is 16.5. The van der Waals surface area contributed by atoms with Crippen molar-refractivity contribution >= 4 is 0 Å². The molecule has 3 aromatic rings. The number of furan rings is 1. The predicted molar refractivity (Wildman–Crippen MR) is 103 cm³/mol. The summed E-state index contributed by atoms with van der Waals surface area (Å²) in [5.74, 6) is 3.95. The Balaban J connectivity index is 2.02. The van der Waals surface area contributed by atoms with Crippen LogP contribution in [0.4, 0.5) is 0 Å². The molecule has 0 saturated carbocycles. The molecule has 2 aromatic carbocycles. The Hall–Kier alpha value is -2.88. The van der Waals surface area contributed by atoms with Crippen molar-refractivity contribution in [1.82, 2.24) is 0 Å². The summed E-state index contributed by atoms with van der Waals surface area (Å²) in [5.41, 5.74) is 4.22. The molecule has 1 heterocycles. The van der Waals surface area contributed by atoms with Gasteiger partial charge in [-0.3, -0.25) is 0 Å². The molecule has 0 atom stereocenters. The van der Waals surface area contributed by atoms with E-state index in [1.54, 1.807) is 14.2 Å². The molecular formula is C22H24O4. The maximum absolute atomic E-state index is 6.25. The zero-order valence-electron chi connectivity index (χ0n) is 15.9. The zero-order valence-corrected chi connectivity index (χ0v) is 15.9. The molecule has 0 aliphatic carbocycles. The molecule has 4 heteroatoms. The third-order valence-electron chi connectivity index (χ3n) is 4.52. The molecule has 3 rings (SSSR count). The van der Waals surface area contributed by atoms with Gasteiger partial charge in [0.15, 0.2) is 11.5 Å². The molecule has 136 valence electrons. The lowest BCUT2D eigenvalue weighted by Gasteiger charge is -2.09. The Morgan fingerprint density at radius 1 is 0.769 bits per heavy atom. The van der Waals surface area contributed by atoms with Gasteiger partial charge in [-0.05, 0) is 74.4 Å². The van der Waals surface area contributed by atoms with E-state index in [9.17, 15) is 0 Å². The van der Waals surface area contributed by atoms with Crippen molar-refractivity contribution in [1.29, 1.82) is 0 Å². The summed E-state index contributed by atoms with van der Waals surface area (Å²) < 4.78 is 22.5. The highest BCUT2D eigenvalue weighted by Gasteiger charge is 2.18. The van der Waals surface area contributed by atoms with Crippen molar-refractivity contribution in [2.45, 2.75) is 20.8 Å². The summed E-state index contributed by atoms with van der Waals surface area (Å²) in [6.07, 6.45) is 0. The van der Waals surface area contributed by atoms with Gasteiger partial charge < -0.3 is 18.6 Å². The molecule has 0 spiro atoms. The first-order valence-electron chi connectivity index (χ1n) is 8.64. The number of hydrogen-bond acceptors (Lipinski definition) is 4. The van der Waals surface area contributed by atoms with Gasteiger partial charge in [-0.1, -0.05) is 0 Å². The fourth-order valence-electron chi connectivity index (χ4n) is 2.99. The van der Waals surface area contributed by atoms with E-state index < -0.39 is 0 Å². The van der Waals surface area contributed by atoms with Crippen LogP contribution in [0.2, 0.25) is 0 Å². The molecule has 4 nitrogen and oxygen atoms in total. The molecule has 0 amide bonds. The Morgan fingerprint density at radius 2 is 1.35 bits per heavy atom. The first-order valence-corrected chi connectivity index (χ1v) is 8.64. The minimum atomic E-state index is 0.654. The summed E-state index contributed by atoms with van der Waals surface area (Å²) in [6.45, 7) is 6.78. The molecule has 0 bridgehead atoms. The standard InChI is InChI=1S/C22H24O4/c1-6-25-18-10-7-16(8-11-18)21-14(2)15(3)22(26-21)17-9-12-19(23-4)20(13-17)24-5/h7-13H,6H2,1-5H3. The minimum absolute atomic E-state index is 0.654. The molecule has 0 unspecified atom stereocenters. The van der Waals surface area contributed by atoms with Crippen molar-refractivity contribution in [3.05, 3.63) is 53.6 Å². The average Bonchev–Trinajstić information content (AvgIpc) is 2.97. The average molecular weight is 352 g/mol. The number of hydrogen-bond donors (Lipinski definition) is 0. The Labute approximate surface area is 154 Å². The quantitative estimate of drug-likeness (QED) is 0.575. The number of benzene rings is 2. The lowest BCUT2D eigenvalue weighted by atomic mass is 10.0. The summed E-state index contributed by atoms with van der Waals surface area (Å²) >= 11 is 0. The van der Waals surface area contributed by atoms with E-state index in [0.29, 0.717) is 18.1 Å². The fraction of sp³-hybridized carbons (Fsp3) is 0.273. The van der Waals surface area contributed by atoms with Crippen LogP contribution in [-0.4, -0.2) is 20.8 Å². The van der Waals surface area contributed by atoms with Crippen LogP contribution in [0, 0.1) is 13.8 Å². The van der Waals surface area contributed by atoms with E-state index in [2.05, 4.69) is 13.8 Å². The second-order valence-corrected chi connectivity index (χ2v) is 6.04. The van der Waals surface area contributed by atoms with Gasteiger partial charge in [0, 0.05) is 11.1 Å². The maximum atomic E-state index is 6.25. The van der Waals surface area contributed by atoms with Crippen LogP contribution >= 0.6 is 0 Å². The third-order valence-corrected chi connectivity index (χ3v) is 4.52. The molecule has 0 fully saturated rings. The minimum Gasteiger partial charge on any atom is -0.494 e. The van der Waals surface area contributed by atoms with Crippen LogP contribution in [0.3, 0.4) is 0 Å². The Bertz CT molecular complexity index is 891. The summed E-state index contributed by atoms with van der Waals surface area (Å²) in [7, 11) is 3.26. The van der Waals surface area contributed by atoms with Crippen molar-refractivity contribution in [2.24, 2.45) is 0 Å². The Morgan fingerprint density at radius 3 is 1.92 bits per heavy atom. The monoisotopic (exact) mass is 352 g/mol. The molecule has 0 radical (unpaired) electrons. The molecule has 1 aromatic heterocycles. The van der Waals surface area contributed by atoms with Crippen molar-refractivity contribution in [3.63, 3.8) is 0 Å². The van der Waals surface area contributed by atoms with E-state index in [1.165, 1.54) is 0 Å². The zero-order chi connectivity index (χ0) is 18.7. The van der Waals surface area contributed by atoms with Gasteiger partial charge >= 0.3 is 0 Å². The van der Waals surface area contributed by atoms with Crippen LogP contribution in [0.25, 0.3) is 22.6 Å². The summed E-state index contributed by atoms with van der Waals surface area (Å²) in [4.78, 5) is 0. The number of ether oxygens (including phenoxy) is 3. The maximum Gasteiger partial charge on any atom is 0.161 e. The van der Waals surface area contributed by atoms with E-state index in [4.69, 9.17) is 18.6 Å². The van der Waals surface area contributed by atoms with Crippen LogP contribution in [-0.2, 0) is 0 Å². The first kappa shape index (κ1) is 17.9. The topological polar surface area (TPSA) is 40.8 Å². The van der Waals surface area contributed by atoms with Crippen LogP contribution < -0.4 is 14.2 Å². The van der Waals surface area contributed by atoms with Gasteiger partial charge in [-0.25, -0.2) is 0 Å². The van der Waals surface area contributed by atoms with E-state index >= 15 is 0 Å². The highest BCUT2D eigenvalue weighted by Crippen LogP contribution is 2.39. The van der Waals surface area contributed by atoms with Crippen molar-refractivity contribution < 1.29 is 18.6 Å². The fourth-order valence-corrected chi connectivity index (χ4v) is 2.99. The van der Waals surface area contributed by atoms with Crippen molar-refractivity contribution in [3.8, 4) is 39.9 Å². The van der Waals surface area contributed by atoms with Gasteiger partial charge in [0.25, 0.3) is 0 Å². The number of methoxy groups -OCH3 is 2. The molecule has 0 saturated heterocycles. The summed E-state index contributed by atoms with van der Waals surface area (Å²) in [6, 6.07) is 13.8. The highest BCUT2D eigenvalue weighted by molar-refractivity contribution is 5.73. The normalized spacial score (nSPS) is 10.7. The largest absolute Gasteiger partial charge is 0.494 e. The van der Waals surface area contributed by atoms with Crippen molar-refractivity contribution in [2.75, 3.05) is 20.8 Å². The number of rotatable bonds is 6. The second kappa shape index (κ2) is 7.56. The smallest absolute Gasteiger partial charge is 0.161 e. The Kier molecular flexibility index (Phi) is 5.21. The summed E-state index contributed by atoms with van der Waals surface area (Å²) in [5, 5.41) is 0. The van der Waals surface area contributed by atoms with Gasteiger partial charge in [0.1, 0.15) is 17.3 Å². The lowest BCUT2D eigenvalue weighted by Crippen LogP contribution is -1.90. The first-order chi connectivity index (χ1) is 12.6. The molecule has 26 heavy (non-hydrogen) atoms. The van der Waals surface area contributed by atoms with Crippen LogP contribution in [0.15, 0.2) is 46.9 Å². The molecular weight excluding hydrogens is 328 g/mol. The van der Waals surface area contributed by atoms with E-state index in [1.807, 2.05) is 49.4 Å². The predicted octanol–water partition coefficient (Wildman–Crippen LogP) is 5.65. The molecule has 0 aliphatic heterocycles.